The largest absolute Gasteiger partial charge is 0.385 e. The molecule has 0 saturated heterocycles. The molecule has 0 amide bonds. The average molecular weight is 337 g/mol. The molecule has 4 aliphatic rings. The molecule has 1 aromatic carbocycles. The summed E-state index contributed by atoms with van der Waals surface area (Å²) in [6.45, 7) is 0. The van der Waals surface area contributed by atoms with E-state index in [2.05, 4.69) is 5.10 Å². The summed E-state index contributed by atoms with van der Waals surface area (Å²) < 4.78 is 43.3. The van der Waals surface area contributed by atoms with Crippen LogP contribution < -0.4 is 5.69 Å². The highest BCUT2D eigenvalue weighted by molar-refractivity contribution is 5.27. The van der Waals surface area contributed by atoms with Crippen molar-refractivity contribution < 1.29 is 18.3 Å². The van der Waals surface area contributed by atoms with E-state index in [0.717, 1.165) is 18.2 Å². The van der Waals surface area contributed by atoms with E-state index in [1.807, 2.05) is 0 Å². The first-order chi connectivity index (χ1) is 11.3. The predicted molar refractivity (Wildman–Crippen MR) is 76.2 cm³/mol. The van der Waals surface area contributed by atoms with Gasteiger partial charge < -0.3 is 5.11 Å². The zero-order valence-corrected chi connectivity index (χ0v) is 12.5. The van der Waals surface area contributed by atoms with Gasteiger partial charge in [-0.2, -0.15) is 5.10 Å². The van der Waals surface area contributed by atoms with Crippen LogP contribution in [0.5, 0.6) is 0 Å². The second-order valence-corrected chi connectivity index (χ2v) is 7.30. The Labute approximate surface area is 134 Å². The van der Waals surface area contributed by atoms with Gasteiger partial charge in [-0.25, -0.2) is 22.6 Å². The highest BCUT2D eigenvalue weighted by atomic mass is 19.1. The van der Waals surface area contributed by atoms with Crippen LogP contribution in [0.3, 0.4) is 0 Å². The number of hydrogen-bond acceptors (Lipinski definition) is 3. The topological polar surface area (TPSA) is 60.0 Å². The van der Waals surface area contributed by atoms with Crippen LogP contribution in [0.15, 0.2) is 23.0 Å². The summed E-state index contributed by atoms with van der Waals surface area (Å²) in [7, 11) is 0. The van der Waals surface area contributed by atoms with Gasteiger partial charge in [-0.3, -0.25) is 4.57 Å². The van der Waals surface area contributed by atoms with Gasteiger partial charge in [-0.1, -0.05) is 0 Å². The highest BCUT2D eigenvalue weighted by Crippen LogP contribution is 2.67. The van der Waals surface area contributed by atoms with Crippen molar-refractivity contribution in [3.8, 4) is 0 Å². The summed E-state index contributed by atoms with van der Waals surface area (Å²) in [5.41, 5.74) is -1.97. The summed E-state index contributed by atoms with van der Waals surface area (Å²) >= 11 is 0. The minimum Gasteiger partial charge on any atom is -0.385 e. The molecule has 1 N–H and O–H groups in total. The molecule has 0 spiro atoms. The molecule has 0 radical (unpaired) electrons. The molecule has 6 rings (SSSR count). The summed E-state index contributed by atoms with van der Waals surface area (Å²) in [5.74, 6) is -1.31. The number of nitrogens with zero attached hydrogens (tertiary/aromatic N) is 3. The Morgan fingerprint density at radius 2 is 1.79 bits per heavy atom. The predicted octanol–water partition coefficient (Wildman–Crippen LogP) is 1.95. The van der Waals surface area contributed by atoms with Crippen molar-refractivity contribution in [2.24, 2.45) is 0 Å². The quantitative estimate of drug-likeness (QED) is 0.911. The minimum absolute atomic E-state index is 0.126. The third-order valence-electron chi connectivity index (χ3n) is 5.55. The molecule has 2 heterocycles. The van der Waals surface area contributed by atoms with E-state index in [9.17, 15) is 23.1 Å². The van der Waals surface area contributed by atoms with Crippen molar-refractivity contribution in [1.29, 1.82) is 0 Å². The Morgan fingerprint density at radius 1 is 1.17 bits per heavy atom. The second kappa shape index (κ2) is 4.11. The number of fused-ring (bicyclic) bond motifs is 1. The molecular weight excluding hydrogens is 323 g/mol. The molecule has 0 unspecified atom stereocenters. The fourth-order valence-electron chi connectivity index (χ4n) is 4.54. The molecular formula is C16H14F3N3O2. The van der Waals surface area contributed by atoms with Crippen molar-refractivity contribution in [2.75, 3.05) is 0 Å². The number of halogens is 3. The first-order valence-electron chi connectivity index (χ1n) is 7.85. The van der Waals surface area contributed by atoms with Crippen LogP contribution >= 0.6 is 0 Å². The fraction of sp³-hybridized carbons (Fsp3) is 0.500. The number of aromatic nitrogens is 3. The van der Waals surface area contributed by atoms with E-state index in [-0.39, 0.29) is 37.1 Å². The SMILES string of the molecule is O=c1n(C23CC(F)(C2)C3)nc2n1[C@H](c1cc(F)cc(F)c1)C[C@@H]2O. The molecule has 126 valence electrons. The number of hydrogen-bond donors (Lipinski definition) is 1. The van der Waals surface area contributed by atoms with Crippen LogP contribution in [0.25, 0.3) is 0 Å². The van der Waals surface area contributed by atoms with Crippen molar-refractivity contribution in [1.82, 2.24) is 14.3 Å². The number of benzene rings is 1. The third-order valence-corrected chi connectivity index (χ3v) is 5.55. The van der Waals surface area contributed by atoms with Gasteiger partial charge in [0.25, 0.3) is 0 Å². The molecule has 3 saturated carbocycles. The average Bonchev–Trinajstić information content (AvgIpc) is 2.93. The van der Waals surface area contributed by atoms with Crippen LogP contribution in [-0.4, -0.2) is 25.1 Å². The Hall–Kier alpha value is -2.09. The highest BCUT2D eigenvalue weighted by Gasteiger charge is 2.72. The van der Waals surface area contributed by atoms with Crippen LogP contribution in [0, 0.1) is 11.6 Å². The molecule has 3 fully saturated rings. The van der Waals surface area contributed by atoms with Gasteiger partial charge in [-0.15, -0.1) is 0 Å². The van der Waals surface area contributed by atoms with E-state index in [1.54, 1.807) is 0 Å². The van der Waals surface area contributed by atoms with E-state index >= 15 is 0 Å². The molecule has 1 aromatic heterocycles. The van der Waals surface area contributed by atoms with E-state index < -0.39 is 40.7 Å². The molecule has 3 aliphatic carbocycles. The Kier molecular flexibility index (Phi) is 2.44. The lowest BCUT2D eigenvalue weighted by atomic mass is 9.47. The molecule has 2 bridgehead atoms. The van der Waals surface area contributed by atoms with Gasteiger partial charge in [0.05, 0.1) is 11.6 Å². The van der Waals surface area contributed by atoms with Crippen LogP contribution in [-0.2, 0) is 5.54 Å². The lowest BCUT2D eigenvalue weighted by Gasteiger charge is -2.64. The second-order valence-electron chi connectivity index (χ2n) is 7.30. The first-order valence-corrected chi connectivity index (χ1v) is 7.85. The first kappa shape index (κ1) is 14.3. The summed E-state index contributed by atoms with van der Waals surface area (Å²) in [6.07, 6.45) is -0.105. The van der Waals surface area contributed by atoms with Crippen LogP contribution in [0.1, 0.15) is 49.2 Å². The summed E-state index contributed by atoms with van der Waals surface area (Å²) in [5, 5.41) is 14.4. The van der Waals surface area contributed by atoms with Gasteiger partial charge in [-0.05, 0) is 17.7 Å². The molecule has 8 heteroatoms. The van der Waals surface area contributed by atoms with Crippen LogP contribution in [0.2, 0.25) is 0 Å². The molecule has 2 atom stereocenters. The van der Waals surface area contributed by atoms with Crippen molar-refractivity contribution in [3.05, 3.63) is 51.7 Å². The van der Waals surface area contributed by atoms with Gasteiger partial charge >= 0.3 is 5.69 Å². The Morgan fingerprint density at radius 3 is 2.38 bits per heavy atom. The van der Waals surface area contributed by atoms with Crippen molar-refractivity contribution in [3.63, 3.8) is 0 Å². The molecule has 24 heavy (non-hydrogen) atoms. The van der Waals surface area contributed by atoms with Gasteiger partial charge in [0, 0.05) is 31.7 Å². The maximum atomic E-state index is 13.8. The van der Waals surface area contributed by atoms with Crippen LogP contribution in [0.4, 0.5) is 13.2 Å². The van der Waals surface area contributed by atoms with E-state index in [4.69, 9.17) is 0 Å². The van der Waals surface area contributed by atoms with Gasteiger partial charge in [0.2, 0.25) is 0 Å². The lowest BCUT2D eigenvalue weighted by molar-refractivity contribution is -0.205. The smallest absolute Gasteiger partial charge is 0.347 e. The molecule has 2 aromatic rings. The zero-order valence-electron chi connectivity index (χ0n) is 12.5. The minimum atomic E-state index is -1.18. The Bertz CT molecular complexity index is 895. The number of aliphatic hydroxyl groups is 1. The number of aliphatic hydroxyl groups excluding tert-OH is 1. The number of alkyl halides is 1. The fourth-order valence-corrected chi connectivity index (χ4v) is 4.54. The van der Waals surface area contributed by atoms with Crippen molar-refractivity contribution in [2.45, 2.75) is 49.0 Å². The molecule has 1 aliphatic heterocycles. The van der Waals surface area contributed by atoms with Gasteiger partial charge in [0.15, 0.2) is 5.82 Å². The summed E-state index contributed by atoms with van der Waals surface area (Å²) in [6, 6.07) is 2.37. The summed E-state index contributed by atoms with van der Waals surface area (Å²) in [4.78, 5) is 12.8. The van der Waals surface area contributed by atoms with Crippen molar-refractivity contribution >= 4 is 0 Å². The third kappa shape index (κ3) is 1.64. The standard InChI is InChI=1S/C16H14F3N3O2/c17-9-1-8(2-10(18)3-9)11-4-12(23)13-20-22(14(24)21(11)13)16-5-15(19,6-16)7-16/h1-3,11-12,23H,4-7H2/t11-,12-,15?,16?/m0/s1. The monoisotopic (exact) mass is 337 g/mol. The van der Waals surface area contributed by atoms with Gasteiger partial charge in [0.1, 0.15) is 23.4 Å². The number of rotatable bonds is 2. The lowest BCUT2D eigenvalue weighted by Crippen LogP contribution is -2.72. The zero-order chi connectivity index (χ0) is 16.9. The van der Waals surface area contributed by atoms with E-state index in [1.165, 1.54) is 9.25 Å². The maximum absolute atomic E-state index is 13.8. The maximum Gasteiger partial charge on any atom is 0.347 e. The van der Waals surface area contributed by atoms with E-state index in [0.29, 0.717) is 0 Å². The normalized spacial score (nSPS) is 36.2. The Balaban J connectivity index is 1.61. The molecule has 5 nitrogen and oxygen atoms in total.